The number of hydrogen-bond donors (Lipinski definition) is 3. The lowest BCUT2D eigenvalue weighted by Crippen LogP contribution is -2.67. The molecule has 2 heterocycles. The summed E-state index contributed by atoms with van der Waals surface area (Å²) in [5, 5.41) is 30.2. The van der Waals surface area contributed by atoms with Crippen LogP contribution in [-0.2, 0) is 9.59 Å². The number of hydrogen-bond acceptors (Lipinski definition) is 6. The molecule has 2 amide bonds. The molecule has 2 aliphatic heterocycles. The fourth-order valence-corrected chi connectivity index (χ4v) is 4.31. The van der Waals surface area contributed by atoms with Crippen LogP contribution in [0.2, 0.25) is 0 Å². The van der Waals surface area contributed by atoms with Gasteiger partial charge in [0, 0.05) is 32.6 Å². The second-order valence-corrected chi connectivity index (χ2v) is 7.69. The molecule has 4 atom stereocenters. The van der Waals surface area contributed by atoms with Crippen LogP contribution in [0.25, 0.3) is 0 Å². The Morgan fingerprint density at radius 1 is 1.31 bits per heavy atom. The maximum Gasteiger partial charge on any atom is 0.408 e. The summed E-state index contributed by atoms with van der Waals surface area (Å²) in [6, 6.07) is -0.850. The number of aliphatic hydroxyl groups excluding tert-OH is 2. The summed E-state index contributed by atoms with van der Waals surface area (Å²) in [5.74, 6) is -0.394. The third-order valence-electron chi connectivity index (χ3n) is 6.21. The molecule has 0 aromatic carbocycles. The molecule has 9 heteroatoms. The van der Waals surface area contributed by atoms with Gasteiger partial charge in [0.1, 0.15) is 18.5 Å². The summed E-state index contributed by atoms with van der Waals surface area (Å²) in [7, 11) is 0. The molecule has 0 bridgehead atoms. The molecule has 3 fully saturated rings. The summed E-state index contributed by atoms with van der Waals surface area (Å²) in [6.45, 7) is 2.77. The van der Waals surface area contributed by atoms with Crippen molar-refractivity contribution in [1.29, 1.82) is 0 Å². The highest BCUT2D eigenvalue weighted by molar-refractivity contribution is 5.86. The Bertz CT molecular complexity index is 581. The van der Waals surface area contributed by atoms with Crippen molar-refractivity contribution in [2.45, 2.75) is 57.0 Å². The zero-order valence-corrected chi connectivity index (χ0v) is 15.0. The van der Waals surface area contributed by atoms with E-state index in [2.05, 4.69) is 0 Å². The molecule has 146 valence electrons. The van der Waals surface area contributed by atoms with E-state index in [4.69, 9.17) is 0 Å². The first-order valence-corrected chi connectivity index (χ1v) is 9.14. The average molecular weight is 369 g/mol. The third-order valence-corrected chi connectivity index (χ3v) is 6.21. The smallest absolute Gasteiger partial charge is 0.408 e. The summed E-state index contributed by atoms with van der Waals surface area (Å²) in [5.41, 5.74) is -0.0179. The van der Waals surface area contributed by atoms with Crippen molar-refractivity contribution in [2.24, 2.45) is 5.41 Å². The molecule has 1 aliphatic carbocycles. The number of nitrogens with zero attached hydrogens (tertiary/aromatic N) is 3. The van der Waals surface area contributed by atoms with Gasteiger partial charge in [0.05, 0.1) is 12.2 Å². The molecule has 26 heavy (non-hydrogen) atoms. The molecule has 0 aromatic heterocycles. The minimum atomic E-state index is -1.15. The molecule has 1 spiro atoms. The number of β-amino-alcohol motifs (C(OH)–C–C–N with tert-alkyl or cyclic N) is 1. The van der Waals surface area contributed by atoms with E-state index in [1.165, 1.54) is 11.8 Å². The third kappa shape index (κ3) is 3.30. The van der Waals surface area contributed by atoms with E-state index in [-0.39, 0.29) is 24.9 Å². The van der Waals surface area contributed by atoms with Gasteiger partial charge in [0.2, 0.25) is 5.91 Å². The number of carboxylic acid groups (broad SMARTS) is 1. The Hall–Kier alpha value is -1.71. The number of aliphatic hydroxyl groups is 2. The van der Waals surface area contributed by atoms with E-state index >= 15 is 0 Å². The number of piperidine rings is 1. The van der Waals surface area contributed by atoms with E-state index in [1.807, 2.05) is 4.90 Å². The number of aldehydes is 1. The average Bonchev–Trinajstić information content (AvgIpc) is 3.36. The van der Waals surface area contributed by atoms with Crippen LogP contribution in [0.5, 0.6) is 0 Å². The first-order chi connectivity index (χ1) is 12.3. The quantitative estimate of drug-likeness (QED) is 0.549. The minimum absolute atomic E-state index is 0.0179. The second-order valence-electron chi connectivity index (χ2n) is 7.69. The van der Waals surface area contributed by atoms with Crippen LogP contribution in [0.1, 0.15) is 32.6 Å². The van der Waals surface area contributed by atoms with Crippen molar-refractivity contribution >= 4 is 18.3 Å². The van der Waals surface area contributed by atoms with E-state index in [9.17, 15) is 29.7 Å². The predicted octanol–water partition coefficient (Wildman–Crippen LogP) is -0.680. The highest BCUT2D eigenvalue weighted by Crippen LogP contribution is 2.54. The Balaban J connectivity index is 1.79. The fraction of sp³-hybridized carbons (Fsp3) is 0.824. The Labute approximate surface area is 152 Å². The first kappa shape index (κ1) is 19.1. The summed E-state index contributed by atoms with van der Waals surface area (Å²) >= 11 is 0. The van der Waals surface area contributed by atoms with E-state index < -0.39 is 36.4 Å². The lowest BCUT2D eigenvalue weighted by molar-refractivity contribution is -0.159. The van der Waals surface area contributed by atoms with E-state index in [0.29, 0.717) is 19.4 Å². The minimum Gasteiger partial charge on any atom is -0.465 e. The lowest BCUT2D eigenvalue weighted by atomic mass is 9.89. The number of piperazine rings is 1. The molecule has 3 aliphatic rings. The van der Waals surface area contributed by atoms with Crippen molar-refractivity contribution in [1.82, 2.24) is 14.7 Å². The van der Waals surface area contributed by atoms with Gasteiger partial charge < -0.3 is 25.0 Å². The van der Waals surface area contributed by atoms with Crippen molar-refractivity contribution in [3.63, 3.8) is 0 Å². The Kier molecular flexibility index (Phi) is 5.23. The monoisotopic (exact) mass is 369 g/mol. The van der Waals surface area contributed by atoms with Gasteiger partial charge in [-0.05, 0) is 31.6 Å². The largest absolute Gasteiger partial charge is 0.465 e. The van der Waals surface area contributed by atoms with Crippen LogP contribution in [-0.4, -0.2) is 98.9 Å². The van der Waals surface area contributed by atoms with Crippen molar-refractivity contribution in [3.8, 4) is 0 Å². The van der Waals surface area contributed by atoms with Crippen molar-refractivity contribution in [3.05, 3.63) is 0 Å². The number of likely N-dealkylation sites (tertiary alicyclic amines) is 1. The topological polar surface area (TPSA) is 122 Å². The number of rotatable bonds is 5. The van der Waals surface area contributed by atoms with Gasteiger partial charge in [0.15, 0.2) is 0 Å². The normalized spacial score (nSPS) is 31.0. The van der Waals surface area contributed by atoms with E-state index in [0.717, 1.165) is 24.2 Å². The summed E-state index contributed by atoms with van der Waals surface area (Å²) < 4.78 is 0. The Morgan fingerprint density at radius 2 is 2.00 bits per heavy atom. The van der Waals surface area contributed by atoms with Crippen LogP contribution < -0.4 is 0 Å². The maximum absolute atomic E-state index is 12.8. The molecular formula is C17H27N3O6. The van der Waals surface area contributed by atoms with Crippen LogP contribution in [0.15, 0.2) is 0 Å². The van der Waals surface area contributed by atoms with Gasteiger partial charge in [-0.25, -0.2) is 4.79 Å². The SMILES string of the molecule is C[C@H]1C(=O)N(C(C(O)CC=O)N2CCC3(CC3)[C@H](O)C2)CCN1C(=O)O. The standard InChI is InChI=1S/C17H27N3O6/c1-11-15(24)20(8-7-19(11)16(25)26)14(12(22)2-9-21)18-6-5-17(3-4-17)13(23)10-18/h9,11-14,22-23H,2-8,10H2,1H3,(H,25,26)/t11-,12?,13+,14?/m0/s1. The van der Waals surface area contributed by atoms with Crippen molar-refractivity contribution < 1.29 is 29.7 Å². The molecule has 2 unspecified atom stereocenters. The van der Waals surface area contributed by atoms with Crippen molar-refractivity contribution in [2.75, 3.05) is 26.2 Å². The number of amides is 2. The van der Waals surface area contributed by atoms with Crippen LogP contribution in [0.3, 0.4) is 0 Å². The lowest BCUT2D eigenvalue weighted by Gasteiger charge is -2.49. The van der Waals surface area contributed by atoms with Gasteiger partial charge in [-0.2, -0.15) is 0 Å². The maximum atomic E-state index is 12.8. The highest BCUT2D eigenvalue weighted by Gasteiger charge is 2.53. The Morgan fingerprint density at radius 3 is 2.54 bits per heavy atom. The van der Waals surface area contributed by atoms with Gasteiger partial charge in [-0.1, -0.05) is 0 Å². The second kappa shape index (κ2) is 7.13. The molecule has 3 rings (SSSR count). The molecule has 0 radical (unpaired) electrons. The van der Waals surface area contributed by atoms with Gasteiger partial charge >= 0.3 is 6.09 Å². The van der Waals surface area contributed by atoms with Gasteiger partial charge in [0.25, 0.3) is 0 Å². The first-order valence-electron chi connectivity index (χ1n) is 9.14. The summed E-state index contributed by atoms with van der Waals surface area (Å²) in [4.78, 5) is 39.4. The molecule has 9 nitrogen and oxygen atoms in total. The molecule has 3 N–H and O–H groups in total. The highest BCUT2D eigenvalue weighted by atomic mass is 16.4. The van der Waals surface area contributed by atoms with E-state index in [1.54, 1.807) is 0 Å². The zero-order valence-electron chi connectivity index (χ0n) is 15.0. The van der Waals surface area contributed by atoms with Gasteiger partial charge in [-0.3, -0.25) is 14.6 Å². The molecule has 1 saturated carbocycles. The number of carbonyl (C=O) groups is 3. The zero-order chi connectivity index (χ0) is 19.1. The fourth-order valence-electron chi connectivity index (χ4n) is 4.31. The van der Waals surface area contributed by atoms with Gasteiger partial charge in [-0.15, -0.1) is 0 Å². The molecular weight excluding hydrogens is 342 g/mol. The van der Waals surface area contributed by atoms with Crippen LogP contribution in [0.4, 0.5) is 4.79 Å². The summed E-state index contributed by atoms with van der Waals surface area (Å²) in [6.07, 6.45) is -0.220. The van der Waals surface area contributed by atoms with Crippen LogP contribution >= 0.6 is 0 Å². The number of carbonyl (C=O) groups excluding carboxylic acids is 2. The molecule has 0 aromatic rings. The predicted molar refractivity (Wildman–Crippen MR) is 90.2 cm³/mol. The molecule has 2 saturated heterocycles. The van der Waals surface area contributed by atoms with Crippen LogP contribution in [0, 0.1) is 5.41 Å².